The molecule has 0 fully saturated rings. The summed E-state index contributed by atoms with van der Waals surface area (Å²) in [4.78, 5) is 8.76. The molecule has 0 aliphatic heterocycles. The van der Waals surface area contributed by atoms with Gasteiger partial charge in [0.2, 0.25) is 0 Å². The second-order valence-corrected chi connectivity index (χ2v) is 7.45. The number of methoxy groups -OCH3 is 1. The normalized spacial score (nSPS) is 10.8. The molecular weight excluding hydrogens is 404 g/mol. The first kappa shape index (κ1) is 21.2. The van der Waals surface area contributed by atoms with Gasteiger partial charge in [0.15, 0.2) is 5.82 Å². The van der Waals surface area contributed by atoms with Gasteiger partial charge in [0, 0.05) is 30.0 Å². The molecule has 4 aromatic rings. The molecule has 0 saturated heterocycles. The second kappa shape index (κ2) is 8.99. The van der Waals surface area contributed by atoms with Crippen LogP contribution in [0.4, 0.5) is 11.6 Å². The molecule has 32 heavy (non-hydrogen) atoms. The van der Waals surface area contributed by atoms with Crippen molar-refractivity contribution in [2.24, 2.45) is 0 Å². The van der Waals surface area contributed by atoms with Gasteiger partial charge in [-0.15, -0.1) is 0 Å². The summed E-state index contributed by atoms with van der Waals surface area (Å²) in [6.07, 6.45) is 1.51. The second-order valence-electron chi connectivity index (χ2n) is 7.45. The molecule has 3 heterocycles. The predicted octanol–water partition coefficient (Wildman–Crippen LogP) is 3.71. The van der Waals surface area contributed by atoms with Gasteiger partial charge in [-0.1, -0.05) is 12.1 Å². The minimum Gasteiger partial charge on any atom is -0.383 e. The van der Waals surface area contributed by atoms with Gasteiger partial charge in [0.25, 0.3) is 0 Å². The number of aryl methyl sites for hydroxylation is 2. The summed E-state index contributed by atoms with van der Waals surface area (Å²) in [5.74, 6) is 2.14. The van der Waals surface area contributed by atoms with Gasteiger partial charge in [-0.3, -0.25) is 0 Å². The number of nitriles is 1. The molecule has 0 aliphatic rings. The lowest BCUT2D eigenvalue weighted by atomic mass is 10.1. The first-order valence-electron chi connectivity index (χ1n) is 10.2. The topological polar surface area (TPSA) is 106 Å². The smallest absolute Gasteiger partial charge is 0.159 e. The van der Waals surface area contributed by atoms with Crippen LogP contribution < -0.4 is 5.32 Å². The maximum absolute atomic E-state index is 9.07. The zero-order valence-corrected chi connectivity index (χ0v) is 18.5. The lowest BCUT2D eigenvalue weighted by molar-refractivity contribution is 0.184. The molecule has 0 amide bonds. The van der Waals surface area contributed by atoms with E-state index in [4.69, 9.17) is 15.1 Å². The Morgan fingerprint density at radius 2 is 1.84 bits per heavy atom. The van der Waals surface area contributed by atoms with Gasteiger partial charge in [-0.2, -0.15) is 15.5 Å². The third-order valence-electron chi connectivity index (χ3n) is 5.11. The van der Waals surface area contributed by atoms with E-state index < -0.39 is 0 Å². The van der Waals surface area contributed by atoms with E-state index in [1.807, 2.05) is 49.7 Å². The minimum atomic E-state index is 0.517. The Bertz CT molecular complexity index is 1280. The number of nitrogens with zero attached hydrogens (tertiary/aromatic N) is 7. The highest BCUT2D eigenvalue weighted by molar-refractivity contribution is 5.71. The van der Waals surface area contributed by atoms with Crippen LogP contribution in [0.2, 0.25) is 0 Å². The highest BCUT2D eigenvalue weighted by Gasteiger charge is 2.17. The Morgan fingerprint density at radius 3 is 2.50 bits per heavy atom. The molecule has 0 unspecified atom stereocenters. The number of hydrogen-bond acceptors (Lipinski definition) is 7. The average molecular weight is 429 g/mol. The molecule has 0 saturated carbocycles. The summed E-state index contributed by atoms with van der Waals surface area (Å²) >= 11 is 0. The molecule has 1 N–H and O–H groups in total. The number of benzene rings is 1. The molecule has 4 rings (SSSR count). The number of nitrogens with one attached hydrogen (secondary N) is 1. The van der Waals surface area contributed by atoms with Crippen molar-refractivity contribution >= 4 is 11.6 Å². The fourth-order valence-electron chi connectivity index (χ4n) is 3.54. The third kappa shape index (κ3) is 4.22. The van der Waals surface area contributed by atoms with Crippen molar-refractivity contribution in [2.45, 2.75) is 27.3 Å². The highest BCUT2D eigenvalue weighted by atomic mass is 16.5. The van der Waals surface area contributed by atoms with Crippen molar-refractivity contribution in [3.63, 3.8) is 0 Å². The minimum absolute atomic E-state index is 0.517. The maximum Gasteiger partial charge on any atom is 0.159 e. The van der Waals surface area contributed by atoms with Crippen molar-refractivity contribution in [2.75, 3.05) is 19.0 Å². The van der Waals surface area contributed by atoms with Gasteiger partial charge in [0.05, 0.1) is 36.2 Å². The van der Waals surface area contributed by atoms with Crippen molar-refractivity contribution < 1.29 is 4.74 Å². The van der Waals surface area contributed by atoms with Crippen molar-refractivity contribution in [1.82, 2.24) is 29.5 Å². The van der Waals surface area contributed by atoms with Crippen molar-refractivity contribution in [3.05, 3.63) is 65.2 Å². The molecule has 0 aliphatic carbocycles. The van der Waals surface area contributed by atoms with E-state index in [2.05, 4.69) is 26.5 Å². The summed E-state index contributed by atoms with van der Waals surface area (Å²) in [6, 6.07) is 13.4. The van der Waals surface area contributed by atoms with Crippen LogP contribution in [0.5, 0.6) is 0 Å². The lowest BCUT2D eigenvalue weighted by Gasteiger charge is -2.11. The van der Waals surface area contributed by atoms with Crippen molar-refractivity contribution in [3.8, 4) is 23.1 Å². The van der Waals surface area contributed by atoms with Crippen LogP contribution in [-0.2, 0) is 11.3 Å². The summed E-state index contributed by atoms with van der Waals surface area (Å²) < 4.78 is 8.93. The van der Waals surface area contributed by atoms with Gasteiger partial charge in [-0.05, 0) is 39.0 Å². The van der Waals surface area contributed by atoms with Crippen LogP contribution in [-0.4, -0.2) is 43.2 Å². The SMILES string of the molecule is COCCn1nc(-c2ccc(C#N)cc2)c(C)c1Nc1cc(-n2nc(C)cc2C)ncn1. The molecule has 162 valence electrons. The fraction of sp³-hybridized carbons (Fsp3) is 0.261. The molecule has 0 atom stereocenters. The quantitative estimate of drug-likeness (QED) is 0.478. The number of rotatable bonds is 7. The van der Waals surface area contributed by atoms with E-state index in [0.29, 0.717) is 30.4 Å². The van der Waals surface area contributed by atoms with E-state index in [9.17, 15) is 0 Å². The summed E-state index contributed by atoms with van der Waals surface area (Å²) in [6.45, 7) is 7.04. The molecular formula is C23H24N8O. The van der Waals surface area contributed by atoms with Crippen LogP contribution in [0.15, 0.2) is 42.7 Å². The van der Waals surface area contributed by atoms with Crippen LogP contribution in [0.1, 0.15) is 22.5 Å². The molecule has 9 heteroatoms. The first-order valence-corrected chi connectivity index (χ1v) is 10.2. The van der Waals surface area contributed by atoms with Crippen LogP contribution in [0.3, 0.4) is 0 Å². The number of hydrogen-bond donors (Lipinski definition) is 1. The van der Waals surface area contributed by atoms with Crippen molar-refractivity contribution in [1.29, 1.82) is 5.26 Å². The molecule has 1 aromatic carbocycles. The largest absolute Gasteiger partial charge is 0.383 e. The molecule has 0 spiro atoms. The van der Waals surface area contributed by atoms with Gasteiger partial charge in [0.1, 0.15) is 18.0 Å². The van der Waals surface area contributed by atoms with E-state index in [-0.39, 0.29) is 0 Å². The Balaban J connectivity index is 1.71. The molecule has 3 aromatic heterocycles. The Labute approximate surface area is 186 Å². The molecule has 0 bridgehead atoms. The average Bonchev–Trinajstić information content (AvgIpc) is 3.31. The zero-order chi connectivity index (χ0) is 22.7. The zero-order valence-electron chi connectivity index (χ0n) is 18.5. The van der Waals surface area contributed by atoms with Gasteiger partial charge >= 0.3 is 0 Å². The number of anilines is 2. The monoisotopic (exact) mass is 428 g/mol. The highest BCUT2D eigenvalue weighted by Crippen LogP contribution is 2.30. The van der Waals surface area contributed by atoms with Gasteiger partial charge in [-0.25, -0.2) is 19.3 Å². The first-order chi connectivity index (χ1) is 15.5. The number of aromatic nitrogens is 6. The summed E-state index contributed by atoms with van der Waals surface area (Å²) in [5.41, 5.74) is 5.28. The van der Waals surface area contributed by atoms with Crippen LogP contribution in [0, 0.1) is 32.1 Å². The number of ether oxygens (including phenoxy) is 1. The standard InChI is InChI=1S/C23H24N8O/c1-15-11-16(2)31(28-15)21-12-20(25-14-26-21)27-23-17(3)22(29-30(23)9-10-32-4)19-7-5-18(13-24)6-8-19/h5-8,11-12,14H,9-10H2,1-4H3,(H,25,26,27). The fourth-order valence-corrected chi connectivity index (χ4v) is 3.54. The molecule has 9 nitrogen and oxygen atoms in total. The van der Waals surface area contributed by atoms with E-state index >= 15 is 0 Å². The van der Waals surface area contributed by atoms with E-state index in [1.165, 1.54) is 6.33 Å². The Hall–Kier alpha value is -4.03. The molecule has 0 radical (unpaired) electrons. The lowest BCUT2D eigenvalue weighted by Crippen LogP contribution is -2.10. The van der Waals surface area contributed by atoms with Gasteiger partial charge < -0.3 is 10.1 Å². The third-order valence-corrected chi connectivity index (χ3v) is 5.11. The Morgan fingerprint density at radius 1 is 1.06 bits per heavy atom. The summed E-state index contributed by atoms with van der Waals surface area (Å²) in [7, 11) is 1.66. The summed E-state index contributed by atoms with van der Waals surface area (Å²) in [5, 5.41) is 21.8. The Kier molecular flexibility index (Phi) is 5.96. The van der Waals surface area contributed by atoms with Crippen LogP contribution in [0.25, 0.3) is 17.1 Å². The van der Waals surface area contributed by atoms with E-state index in [1.54, 1.807) is 23.9 Å². The van der Waals surface area contributed by atoms with E-state index in [0.717, 1.165) is 34.0 Å². The maximum atomic E-state index is 9.07. The van der Waals surface area contributed by atoms with Crippen LogP contribution >= 0.6 is 0 Å². The predicted molar refractivity (Wildman–Crippen MR) is 121 cm³/mol.